The van der Waals surface area contributed by atoms with Gasteiger partial charge >= 0.3 is 12.1 Å². The van der Waals surface area contributed by atoms with Crippen molar-refractivity contribution in [1.82, 2.24) is 13.8 Å². The fourth-order valence-corrected chi connectivity index (χ4v) is 7.44. The van der Waals surface area contributed by atoms with Crippen LogP contribution in [0.5, 0.6) is 0 Å². The van der Waals surface area contributed by atoms with Crippen LogP contribution in [0.1, 0.15) is 61.6 Å². The van der Waals surface area contributed by atoms with E-state index in [0.717, 1.165) is 29.8 Å². The molecule has 0 spiro atoms. The average molecular weight is 562 g/mol. The molecule has 0 N–H and O–H groups in total. The van der Waals surface area contributed by atoms with Crippen molar-refractivity contribution in [1.29, 1.82) is 0 Å². The van der Waals surface area contributed by atoms with Crippen LogP contribution in [0.15, 0.2) is 53.6 Å². The Morgan fingerprint density at radius 2 is 1.74 bits per heavy atom. The summed E-state index contributed by atoms with van der Waals surface area (Å²) in [5, 5.41) is 1.22. The summed E-state index contributed by atoms with van der Waals surface area (Å²) in [6.07, 6.45) is 2.40. The maximum atomic E-state index is 13.5. The molecule has 1 saturated heterocycles. The number of carbonyl (C=O) groups is 1. The molecule has 0 saturated carbocycles. The minimum atomic E-state index is -4.95. The number of aryl methyl sites for hydroxylation is 1. The van der Waals surface area contributed by atoms with E-state index in [2.05, 4.69) is 35.9 Å². The second-order valence-electron chi connectivity index (χ2n) is 10.6. The van der Waals surface area contributed by atoms with E-state index in [0.29, 0.717) is 31.5 Å². The molecule has 210 valence electrons. The van der Waals surface area contributed by atoms with E-state index in [1.54, 1.807) is 6.07 Å². The third-order valence-electron chi connectivity index (χ3n) is 8.07. The maximum Gasteiger partial charge on any atom is 0.471 e. The second-order valence-corrected chi connectivity index (χ2v) is 12.5. The van der Waals surface area contributed by atoms with Gasteiger partial charge in [-0.15, -0.1) is 0 Å². The molecule has 0 atom stereocenters. The number of hydrogen-bond acceptors (Lipinski definition) is 3. The van der Waals surface area contributed by atoms with Gasteiger partial charge in [0, 0.05) is 49.8 Å². The van der Waals surface area contributed by atoms with Gasteiger partial charge in [-0.05, 0) is 66.5 Å². The Morgan fingerprint density at radius 3 is 2.46 bits per heavy atom. The molecule has 0 unspecified atom stereocenters. The molecule has 2 aromatic carbocycles. The zero-order valence-electron chi connectivity index (χ0n) is 22.1. The summed E-state index contributed by atoms with van der Waals surface area (Å²) in [5.74, 6) is -1.64. The van der Waals surface area contributed by atoms with Crippen LogP contribution in [0.4, 0.5) is 13.2 Å². The van der Waals surface area contributed by atoms with Crippen molar-refractivity contribution >= 4 is 26.8 Å². The van der Waals surface area contributed by atoms with Crippen LogP contribution in [-0.4, -0.2) is 53.9 Å². The molecule has 1 amide bonds. The summed E-state index contributed by atoms with van der Waals surface area (Å²) in [6, 6.07) is 13.0. The highest BCUT2D eigenvalue weighted by atomic mass is 32.2. The average Bonchev–Trinajstić information content (AvgIpc) is 3.30. The van der Waals surface area contributed by atoms with E-state index in [1.165, 1.54) is 39.3 Å². The van der Waals surface area contributed by atoms with E-state index in [-0.39, 0.29) is 30.3 Å². The number of amides is 1. The fourth-order valence-electron chi connectivity index (χ4n) is 5.92. The summed E-state index contributed by atoms with van der Waals surface area (Å²) in [6.45, 7) is 3.61. The smallest absolute Gasteiger partial charge is 0.347 e. The zero-order chi connectivity index (χ0) is 27.8. The monoisotopic (exact) mass is 561 g/mol. The Bertz CT molecular complexity index is 1460. The number of unbranched alkanes of at least 4 members (excludes halogenated alkanes) is 2. The number of halogens is 3. The molecule has 1 fully saturated rings. The highest BCUT2D eigenvalue weighted by Crippen LogP contribution is 2.36. The van der Waals surface area contributed by atoms with Crippen molar-refractivity contribution in [2.75, 3.05) is 19.6 Å². The Balaban J connectivity index is 1.30. The summed E-state index contributed by atoms with van der Waals surface area (Å²) in [7, 11) is -3.82. The number of carbonyl (C=O) groups excluding carboxylic acids is 1. The lowest BCUT2D eigenvalue weighted by atomic mass is 9.90. The van der Waals surface area contributed by atoms with E-state index in [1.807, 2.05) is 6.07 Å². The van der Waals surface area contributed by atoms with Crippen LogP contribution in [0, 0.1) is 0 Å². The van der Waals surface area contributed by atoms with Gasteiger partial charge in [0.05, 0.1) is 4.90 Å². The molecule has 0 aliphatic carbocycles. The lowest BCUT2D eigenvalue weighted by Gasteiger charge is -2.32. The van der Waals surface area contributed by atoms with Gasteiger partial charge in [-0.2, -0.15) is 17.5 Å². The quantitative estimate of drug-likeness (QED) is 0.340. The molecular weight excluding hydrogens is 527 g/mol. The van der Waals surface area contributed by atoms with Crippen molar-refractivity contribution in [2.45, 2.75) is 75.5 Å². The molecule has 39 heavy (non-hydrogen) atoms. The molecular formula is C29H34F3N3O3S. The summed E-state index contributed by atoms with van der Waals surface area (Å²) in [4.78, 5) is 12.5. The van der Waals surface area contributed by atoms with Crippen LogP contribution in [0.2, 0.25) is 0 Å². The molecule has 2 aliphatic heterocycles. The number of alkyl halides is 3. The van der Waals surface area contributed by atoms with Crippen molar-refractivity contribution < 1.29 is 26.4 Å². The van der Waals surface area contributed by atoms with Crippen molar-refractivity contribution in [3.8, 4) is 0 Å². The molecule has 0 bridgehead atoms. The largest absolute Gasteiger partial charge is 0.471 e. The molecule has 1 aromatic heterocycles. The third kappa shape index (κ3) is 5.59. The number of fused-ring (bicyclic) bond motifs is 2. The van der Waals surface area contributed by atoms with Crippen LogP contribution < -0.4 is 0 Å². The predicted octanol–water partition coefficient (Wildman–Crippen LogP) is 5.85. The topological polar surface area (TPSA) is 62.6 Å². The fraction of sp³-hybridized carbons (Fsp3) is 0.483. The molecule has 2 aliphatic rings. The van der Waals surface area contributed by atoms with Crippen LogP contribution in [0.25, 0.3) is 10.9 Å². The Kier molecular flexibility index (Phi) is 7.79. The number of piperidine rings is 1. The molecule has 6 nitrogen and oxygen atoms in total. The number of nitrogens with zero attached hydrogens (tertiary/aromatic N) is 3. The minimum Gasteiger partial charge on any atom is -0.347 e. The van der Waals surface area contributed by atoms with E-state index in [4.69, 9.17) is 0 Å². The van der Waals surface area contributed by atoms with E-state index < -0.39 is 22.1 Å². The number of sulfonamides is 1. The lowest BCUT2D eigenvalue weighted by molar-refractivity contribution is -0.186. The number of aromatic nitrogens is 1. The number of para-hydroxylation sites is 1. The van der Waals surface area contributed by atoms with Crippen LogP contribution >= 0.6 is 0 Å². The van der Waals surface area contributed by atoms with Crippen LogP contribution in [-0.2, 0) is 34.3 Å². The Labute approximate surface area is 227 Å². The normalized spacial score (nSPS) is 17.5. The summed E-state index contributed by atoms with van der Waals surface area (Å²) < 4.78 is 69.6. The highest BCUT2D eigenvalue weighted by Gasteiger charge is 2.43. The molecule has 3 aromatic rings. The van der Waals surface area contributed by atoms with Crippen molar-refractivity contribution in [2.24, 2.45) is 0 Å². The summed E-state index contributed by atoms with van der Waals surface area (Å²) >= 11 is 0. The molecule has 0 radical (unpaired) electrons. The van der Waals surface area contributed by atoms with Gasteiger partial charge < -0.3 is 9.47 Å². The van der Waals surface area contributed by atoms with Gasteiger partial charge in [-0.1, -0.05) is 44.0 Å². The molecule has 3 heterocycles. The van der Waals surface area contributed by atoms with Crippen molar-refractivity contribution in [3.63, 3.8) is 0 Å². The van der Waals surface area contributed by atoms with Crippen molar-refractivity contribution in [3.05, 3.63) is 65.4 Å². The minimum absolute atomic E-state index is 0.0417. The van der Waals surface area contributed by atoms with Crippen LogP contribution in [0.3, 0.4) is 0 Å². The van der Waals surface area contributed by atoms with Gasteiger partial charge in [0.2, 0.25) is 10.0 Å². The zero-order valence-corrected chi connectivity index (χ0v) is 22.9. The first kappa shape index (κ1) is 27.7. The second kappa shape index (κ2) is 11.0. The van der Waals surface area contributed by atoms with Gasteiger partial charge in [0.25, 0.3) is 0 Å². The first-order chi connectivity index (χ1) is 18.6. The summed E-state index contributed by atoms with van der Waals surface area (Å²) in [5.41, 5.74) is 3.70. The van der Waals surface area contributed by atoms with Gasteiger partial charge in [-0.25, -0.2) is 8.42 Å². The number of rotatable bonds is 7. The molecule has 5 rings (SSSR count). The van der Waals surface area contributed by atoms with Gasteiger partial charge in [-0.3, -0.25) is 4.79 Å². The number of hydrogen-bond donors (Lipinski definition) is 0. The maximum absolute atomic E-state index is 13.5. The third-order valence-corrected chi connectivity index (χ3v) is 9.97. The predicted molar refractivity (Wildman–Crippen MR) is 144 cm³/mol. The van der Waals surface area contributed by atoms with E-state index in [9.17, 15) is 26.4 Å². The standard InChI is InChI=1S/C29H34F3N3O3S/c1-2-3-6-14-33-20-26(25-7-4-5-8-27(25)33)22-12-16-35(17-13-22)39(37,38)24-10-9-21-11-15-34(19-23(21)18-24)28(36)29(30,31)32/h4-5,7-10,18,20,22H,2-3,6,11-17,19H2,1H3. The Hall–Kier alpha value is -2.85. The lowest BCUT2D eigenvalue weighted by Crippen LogP contribution is -2.43. The van der Waals surface area contributed by atoms with E-state index >= 15 is 0 Å². The Morgan fingerprint density at radius 1 is 1.00 bits per heavy atom. The number of benzene rings is 2. The SMILES string of the molecule is CCCCCn1cc(C2CCN(S(=O)(=O)c3ccc4c(c3)CN(C(=O)C(F)(F)F)CC4)CC2)c2ccccc21. The van der Waals surface area contributed by atoms with Gasteiger partial charge in [0.15, 0.2) is 0 Å². The first-order valence-electron chi connectivity index (χ1n) is 13.7. The molecule has 10 heteroatoms. The van der Waals surface area contributed by atoms with Gasteiger partial charge in [0.1, 0.15) is 0 Å². The highest BCUT2D eigenvalue weighted by molar-refractivity contribution is 7.89. The first-order valence-corrected chi connectivity index (χ1v) is 15.1.